The Morgan fingerprint density at radius 3 is 2.46 bits per heavy atom. The highest BCUT2D eigenvalue weighted by molar-refractivity contribution is 6.52. The fraction of sp³-hybridized carbons (Fsp3) is 0.286. The Morgan fingerprint density at radius 2 is 1.78 bits per heavy atom. The van der Waals surface area contributed by atoms with Gasteiger partial charge in [0, 0.05) is 18.8 Å². The van der Waals surface area contributed by atoms with Gasteiger partial charge in [-0.15, -0.1) is 0 Å². The van der Waals surface area contributed by atoms with Crippen molar-refractivity contribution in [3.63, 3.8) is 0 Å². The van der Waals surface area contributed by atoms with E-state index in [1.807, 2.05) is 0 Å². The fourth-order valence-corrected chi connectivity index (χ4v) is 4.84. The molecule has 0 radical (unpaired) electrons. The molecule has 0 unspecified atom stereocenters. The number of rotatable bonds is 11. The highest BCUT2D eigenvalue weighted by Gasteiger charge is 2.38. The van der Waals surface area contributed by atoms with E-state index in [1.165, 1.54) is 36.7 Å². The average Bonchev–Trinajstić information content (AvgIpc) is 3.73. The predicted molar refractivity (Wildman–Crippen MR) is 141 cm³/mol. The molecule has 0 bridgehead atoms. The summed E-state index contributed by atoms with van der Waals surface area (Å²) in [5.74, 6) is -3.41. The lowest BCUT2D eigenvalue weighted by molar-refractivity contribution is -0.148. The quantitative estimate of drug-likeness (QED) is 0.195. The number of ketones is 1. The van der Waals surface area contributed by atoms with Crippen molar-refractivity contribution in [2.75, 3.05) is 18.1 Å². The molecule has 1 aliphatic heterocycles. The molecule has 2 aromatic carbocycles. The van der Waals surface area contributed by atoms with Gasteiger partial charge >= 0.3 is 12.6 Å². The number of pyridine rings is 1. The topological polar surface area (TPSA) is 95.0 Å². The first kappa shape index (κ1) is 28.7. The number of carbonyl (C=O) groups is 3. The van der Waals surface area contributed by atoms with Crippen LogP contribution >= 0.6 is 23.2 Å². The van der Waals surface area contributed by atoms with Crippen LogP contribution < -0.4 is 14.4 Å². The van der Waals surface area contributed by atoms with Gasteiger partial charge in [-0.2, -0.15) is 8.78 Å². The molecule has 214 valence electrons. The van der Waals surface area contributed by atoms with Crippen molar-refractivity contribution in [2.45, 2.75) is 32.0 Å². The second kappa shape index (κ2) is 12.0. The third-order valence-electron chi connectivity index (χ3n) is 6.56. The van der Waals surface area contributed by atoms with E-state index in [1.54, 1.807) is 0 Å². The smallest absolute Gasteiger partial charge is 0.387 e. The number of aromatic nitrogens is 1. The van der Waals surface area contributed by atoms with Crippen molar-refractivity contribution in [3.8, 4) is 11.5 Å². The third kappa shape index (κ3) is 6.57. The van der Waals surface area contributed by atoms with E-state index in [4.69, 9.17) is 32.7 Å². The zero-order valence-corrected chi connectivity index (χ0v) is 22.6. The van der Waals surface area contributed by atoms with Crippen LogP contribution in [0.15, 0.2) is 48.8 Å². The SMILES string of the molecule is O=C(CN1C(=O)C(=O)c2ccc(F)cc21)O[C@@H](Cc1c(Cl)cncc1Cl)c1ccc(OC(F)F)c(OCC2CC2)c1. The van der Waals surface area contributed by atoms with Gasteiger partial charge in [-0.3, -0.25) is 24.3 Å². The van der Waals surface area contributed by atoms with Gasteiger partial charge in [0.25, 0.3) is 11.7 Å². The molecule has 1 aromatic heterocycles. The van der Waals surface area contributed by atoms with Crippen LogP contribution in [0.2, 0.25) is 10.0 Å². The maximum absolute atomic E-state index is 13.9. The van der Waals surface area contributed by atoms with Gasteiger partial charge in [-0.1, -0.05) is 29.3 Å². The van der Waals surface area contributed by atoms with Crippen LogP contribution in [-0.2, 0) is 20.7 Å². The summed E-state index contributed by atoms with van der Waals surface area (Å²) < 4.78 is 56.0. The highest BCUT2D eigenvalue weighted by atomic mass is 35.5. The maximum Gasteiger partial charge on any atom is 0.387 e. The summed E-state index contributed by atoms with van der Waals surface area (Å²) in [5, 5.41) is 0.372. The number of nitrogens with zero attached hydrogens (tertiary/aromatic N) is 2. The first-order valence-electron chi connectivity index (χ1n) is 12.5. The van der Waals surface area contributed by atoms with E-state index < -0.39 is 42.7 Å². The zero-order valence-electron chi connectivity index (χ0n) is 21.1. The van der Waals surface area contributed by atoms with Crippen molar-refractivity contribution in [3.05, 3.63) is 81.3 Å². The number of alkyl halides is 2. The van der Waals surface area contributed by atoms with Gasteiger partial charge in [0.05, 0.1) is 27.9 Å². The molecule has 1 atom stereocenters. The number of hydrogen-bond donors (Lipinski definition) is 0. The van der Waals surface area contributed by atoms with E-state index >= 15 is 0 Å². The number of hydrogen-bond acceptors (Lipinski definition) is 7. The van der Waals surface area contributed by atoms with Crippen LogP contribution in [0.3, 0.4) is 0 Å². The van der Waals surface area contributed by atoms with Crippen LogP contribution in [0.4, 0.5) is 18.9 Å². The molecular weight excluding hydrogens is 588 g/mol. The number of benzene rings is 2. The van der Waals surface area contributed by atoms with Gasteiger partial charge in [0.15, 0.2) is 11.5 Å². The molecular formula is C28H21Cl2F3N2O6. The predicted octanol–water partition coefficient (Wildman–Crippen LogP) is 5.97. The highest BCUT2D eigenvalue weighted by Crippen LogP contribution is 2.38. The van der Waals surface area contributed by atoms with Gasteiger partial charge in [0.2, 0.25) is 0 Å². The molecule has 3 aromatic rings. The second-order valence-corrected chi connectivity index (χ2v) is 10.3. The van der Waals surface area contributed by atoms with Crippen molar-refractivity contribution in [2.24, 2.45) is 5.92 Å². The summed E-state index contributed by atoms with van der Waals surface area (Å²) in [6, 6.07) is 7.27. The monoisotopic (exact) mass is 608 g/mol. The third-order valence-corrected chi connectivity index (χ3v) is 7.22. The van der Waals surface area contributed by atoms with E-state index in [0.717, 1.165) is 29.9 Å². The molecule has 8 nitrogen and oxygen atoms in total. The average molecular weight is 609 g/mol. The van der Waals surface area contributed by atoms with Crippen molar-refractivity contribution in [1.29, 1.82) is 0 Å². The van der Waals surface area contributed by atoms with E-state index in [0.29, 0.717) is 17.0 Å². The molecule has 1 fully saturated rings. The Bertz CT molecular complexity index is 1500. The molecule has 2 heterocycles. The first-order valence-corrected chi connectivity index (χ1v) is 13.2. The standard InChI is InChI=1S/C28H21Cl2F3N2O6/c29-19-10-34-11-20(30)18(19)9-23(15-3-6-22(41-28(32)33)24(7-15)39-13-14-1-2-14)40-25(36)12-35-21-8-16(31)4-5-17(21)26(37)27(35)38/h3-8,10-11,14,23,28H,1-2,9,12-13H2/t23-/m0/s1. The Hall–Kier alpha value is -3.83. The number of ether oxygens (including phenoxy) is 3. The van der Waals surface area contributed by atoms with Gasteiger partial charge < -0.3 is 14.2 Å². The molecule has 41 heavy (non-hydrogen) atoms. The lowest BCUT2D eigenvalue weighted by Gasteiger charge is -2.23. The molecule has 0 saturated heterocycles. The molecule has 5 rings (SSSR count). The van der Waals surface area contributed by atoms with Gasteiger partial charge in [-0.05, 0) is 60.2 Å². The van der Waals surface area contributed by atoms with E-state index in [2.05, 4.69) is 9.72 Å². The summed E-state index contributed by atoms with van der Waals surface area (Å²) in [7, 11) is 0. The van der Waals surface area contributed by atoms with E-state index in [-0.39, 0.29) is 45.8 Å². The molecule has 0 N–H and O–H groups in total. The summed E-state index contributed by atoms with van der Waals surface area (Å²) >= 11 is 12.6. The molecule has 1 aliphatic carbocycles. The Labute approximate surface area is 241 Å². The second-order valence-electron chi connectivity index (χ2n) is 9.49. The van der Waals surface area contributed by atoms with E-state index in [9.17, 15) is 27.6 Å². The minimum atomic E-state index is -3.10. The number of carbonyl (C=O) groups excluding carboxylic acids is 3. The minimum absolute atomic E-state index is 0.0207. The van der Waals surface area contributed by atoms with Gasteiger partial charge in [-0.25, -0.2) is 4.39 Å². The van der Waals surface area contributed by atoms with Crippen LogP contribution in [-0.4, -0.2) is 42.4 Å². The largest absolute Gasteiger partial charge is 0.489 e. The van der Waals surface area contributed by atoms with Crippen molar-refractivity contribution in [1.82, 2.24) is 4.98 Å². The Balaban J connectivity index is 1.44. The zero-order chi connectivity index (χ0) is 29.3. The van der Waals surface area contributed by atoms with Crippen LogP contribution in [0.5, 0.6) is 11.5 Å². The normalized spacial score (nSPS) is 15.2. The van der Waals surface area contributed by atoms with Gasteiger partial charge in [0.1, 0.15) is 18.5 Å². The minimum Gasteiger partial charge on any atom is -0.489 e. The van der Waals surface area contributed by atoms with Crippen LogP contribution in [0, 0.1) is 11.7 Å². The summed E-state index contributed by atoms with van der Waals surface area (Å²) in [6.45, 7) is -3.51. The number of anilines is 1. The molecule has 13 heteroatoms. The number of fused-ring (bicyclic) bond motifs is 1. The van der Waals surface area contributed by atoms with Crippen molar-refractivity contribution >= 4 is 46.5 Å². The summed E-state index contributed by atoms with van der Waals surface area (Å²) in [4.78, 5) is 42.8. The van der Waals surface area contributed by atoms with Crippen LogP contribution in [0.25, 0.3) is 0 Å². The lowest BCUT2D eigenvalue weighted by Crippen LogP contribution is -2.36. The maximum atomic E-state index is 13.9. The lowest BCUT2D eigenvalue weighted by atomic mass is 10.0. The van der Waals surface area contributed by atoms with Crippen LogP contribution in [0.1, 0.15) is 40.4 Å². The Morgan fingerprint density at radius 1 is 1.05 bits per heavy atom. The summed E-state index contributed by atoms with van der Waals surface area (Å²) in [5.41, 5.74) is 0.612. The molecule has 0 spiro atoms. The molecule has 1 amide bonds. The first-order chi connectivity index (χ1) is 19.6. The fourth-order valence-electron chi connectivity index (χ4n) is 4.32. The Kier molecular flexibility index (Phi) is 8.37. The summed E-state index contributed by atoms with van der Waals surface area (Å²) in [6.07, 6.45) is 3.44. The number of Topliss-reactive ketones (excluding diaryl/α,β-unsaturated/α-hetero) is 1. The number of esters is 1. The molecule has 1 saturated carbocycles. The molecule has 2 aliphatic rings. The van der Waals surface area contributed by atoms with Crippen molar-refractivity contribution < 1.29 is 41.8 Å². The number of amides is 1. The number of halogens is 5.